The largest absolute Gasteiger partial charge is 0.462 e. The molecule has 8 heteroatoms. The highest BCUT2D eigenvalue weighted by molar-refractivity contribution is 6.45. The van der Waals surface area contributed by atoms with Crippen LogP contribution in [-0.2, 0) is 19.0 Å². The first kappa shape index (κ1) is 23.0. The van der Waals surface area contributed by atoms with Crippen LogP contribution in [0, 0.1) is 0 Å². The number of esters is 3. The van der Waals surface area contributed by atoms with E-state index in [1.165, 1.54) is 4.40 Å². The highest BCUT2D eigenvalue weighted by atomic mass is 16.5. The third kappa shape index (κ3) is 3.57. The van der Waals surface area contributed by atoms with Crippen molar-refractivity contribution in [2.75, 3.05) is 19.8 Å². The molecule has 0 radical (unpaired) electrons. The van der Waals surface area contributed by atoms with Crippen molar-refractivity contribution in [3.63, 3.8) is 0 Å². The number of rotatable bonds is 7. The normalized spacial score (nSPS) is 11.0. The molecule has 2 aromatic heterocycles. The molecule has 0 saturated heterocycles. The lowest BCUT2D eigenvalue weighted by Crippen LogP contribution is -2.22. The van der Waals surface area contributed by atoms with Crippen molar-refractivity contribution < 1.29 is 33.4 Å². The number of ether oxygens (including phenoxy) is 3. The molecule has 0 atom stereocenters. The number of fused-ring (bicyclic) bond motifs is 6. The molecule has 0 N–H and O–H groups in total. The van der Waals surface area contributed by atoms with Gasteiger partial charge in [-0.2, -0.15) is 0 Å². The number of carbonyl (C=O) groups is 4. The Morgan fingerprint density at radius 2 is 1.24 bits per heavy atom. The van der Waals surface area contributed by atoms with Crippen molar-refractivity contribution in [1.82, 2.24) is 4.40 Å². The van der Waals surface area contributed by atoms with Crippen molar-refractivity contribution in [2.45, 2.75) is 20.8 Å². The van der Waals surface area contributed by atoms with E-state index in [2.05, 4.69) is 0 Å². The lowest BCUT2D eigenvalue weighted by molar-refractivity contribution is -0.137. The number of hydrogen-bond donors (Lipinski definition) is 0. The Hall–Kier alpha value is -4.20. The highest BCUT2D eigenvalue weighted by Crippen LogP contribution is 2.37. The molecule has 2 aromatic carbocycles. The molecule has 0 fully saturated rings. The van der Waals surface area contributed by atoms with Gasteiger partial charge >= 0.3 is 17.9 Å². The summed E-state index contributed by atoms with van der Waals surface area (Å²) in [6.45, 7) is 4.83. The molecule has 4 aromatic rings. The third-order valence-electron chi connectivity index (χ3n) is 5.42. The van der Waals surface area contributed by atoms with E-state index in [4.69, 9.17) is 14.2 Å². The van der Waals surface area contributed by atoms with Gasteiger partial charge in [0, 0.05) is 10.8 Å². The molecule has 0 spiro atoms. The van der Waals surface area contributed by atoms with Crippen molar-refractivity contribution in [3.05, 3.63) is 65.4 Å². The second kappa shape index (κ2) is 9.35. The maximum absolute atomic E-state index is 13.4. The van der Waals surface area contributed by atoms with E-state index >= 15 is 0 Å². The molecule has 0 bridgehead atoms. The van der Waals surface area contributed by atoms with Crippen LogP contribution < -0.4 is 0 Å². The van der Waals surface area contributed by atoms with Gasteiger partial charge in [-0.3, -0.25) is 4.79 Å². The number of ketones is 1. The Balaban J connectivity index is 2.31. The third-order valence-corrected chi connectivity index (χ3v) is 5.42. The van der Waals surface area contributed by atoms with E-state index in [1.54, 1.807) is 45.0 Å². The Morgan fingerprint density at radius 3 is 1.88 bits per heavy atom. The zero-order chi connectivity index (χ0) is 24.4. The summed E-state index contributed by atoms with van der Waals surface area (Å²) >= 11 is 0. The minimum atomic E-state index is -1.13. The van der Waals surface area contributed by atoms with Gasteiger partial charge in [0.25, 0.3) is 5.78 Å². The Morgan fingerprint density at radius 1 is 0.676 bits per heavy atom. The molecule has 0 saturated carbocycles. The SMILES string of the molecule is CCOC(=O)C(=O)c1c(C(=O)OCC)c(C(=O)OCC)n2c3ccccc3c3ccccc3c12. The van der Waals surface area contributed by atoms with E-state index in [0.717, 1.165) is 10.8 Å². The van der Waals surface area contributed by atoms with Crippen LogP contribution in [0.15, 0.2) is 48.5 Å². The van der Waals surface area contributed by atoms with Crippen molar-refractivity contribution in [1.29, 1.82) is 0 Å². The van der Waals surface area contributed by atoms with Gasteiger partial charge in [-0.1, -0.05) is 42.5 Å². The summed E-state index contributed by atoms with van der Waals surface area (Å²) in [4.78, 5) is 52.4. The standard InChI is InChI=1S/C26H23NO7/c1-4-32-24(29)20-19(23(28)26(31)34-6-3)21-17-13-8-7-11-15(17)16-12-9-10-14-18(16)27(21)22(20)25(30)33-5-2/h7-14H,4-6H2,1-3H3. The number of para-hydroxylation sites is 1. The van der Waals surface area contributed by atoms with Gasteiger partial charge in [0.1, 0.15) is 11.3 Å². The van der Waals surface area contributed by atoms with Gasteiger partial charge in [0.05, 0.1) is 36.4 Å². The monoisotopic (exact) mass is 461 g/mol. The molecule has 174 valence electrons. The zero-order valence-corrected chi connectivity index (χ0v) is 19.0. The average molecular weight is 461 g/mol. The Kier molecular flexibility index (Phi) is 6.32. The maximum Gasteiger partial charge on any atom is 0.379 e. The van der Waals surface area contributed by atoms with Gasteiger partial charge in [-0.05, 0) is 32.2 Å². The number of Topliss-reactive ketones (excluding diaryl/α,β-unsaturated/α-hetero) is 1. The summed E-state index contributed by atoms with van der Waals surface area (Å²) in [7, 11) is 0. The molecule has 34 heavy (non-hydrogen) atoms. The van der Waals surface area contributed by atoms with Gasteiger partial charge in [-0.25, -0.2) is 14.4 Å². The van der Waals surface area contributed by atoms with Gasteiger partial charge in [0.15, 0.2) is 0 Å². The Labute approximate surface area is 195 Å². The van der Waals surface area contributed by atoms with Crippen LogP contribution in [0.4, 0.5) is 0 Å². The van der Waals surface area contributed by atoms with Crippen LogP contribution >= 0.6 is 0 Å². The minimum absolute atomic E-state index is 0.00181. The first-order valence-electron chi connectivity index (χ1n) is 11.0. The van der Waals surface area contributed by atoms with Crippen molar-refractivity contribution >= 4 is 50.9 Å². The Bertz CT molecular complexity index is 1460. The number of carbonyl (C=O) groups excluding carboxylic acids is 4. The summed E-state index contributed by atoms with van der Waals surface area (Å²) < 4.78 is 16.9. The molecule has 0 aliphatic rings. The van der Waals surface area contributed by atoms with E-state index in [9.17, 15) is 19.2 Å². The predicted octanol–water partition coefficient (Wildman–Crippen LogP) is 4.34. The number of pyridine rings is 1. The fourth-order valence-corrected chi connectivity index (χ4v) is 4.20. The molecule has 0 aliphatic heterocycles. The molecule has 2 heterocycles. The molecule has 8 nitrogen and oxygen atoms in total. The average Bonchev–Trinajstić information content (AvgIpc) is 3.21. The topological polar surface area (TPSA) is 100 Å². The molecular weight excluding hydrogens is 438 g/mol. The van der Waals surface area contributed by atoms with Crippen LogP contribution in [0.25, 0.3) is 27.2 Å². The molecule has 0 aliphatic carbocycles. The lowest BCUT2D eigenvalue weighted by atomic mass is 10.00. The molecular formula is C26H23NO7. The lowest BCUT2D eigenvalue weighted by Gasteiger charge is -2.12. The van der Waals surface area contributed by atoms with Crippen LogP contribution in [0.2, 0.25) is 0 Å². The zero-order valence-electron chi connectivity index (χ0n) is 19.0. The molecule has 4 rings (SSSR count). The minimum Gasteiger partial charge on any atom is -0.462 e. The number of nitrogens with zero attached hydrogens (tertiary/aromatic N) is 1. The number of benzene rings is 2. The van der Waals surface area contributed by atoms with E-state index < -0.39 is 23.7 Å². The van der Waals surface area contributed by atoms with Crippen molar-refractivity contribution in [2.24, 2.45) is 0 Å². The fraction of sp³-hybridized carbons (Fsp3) is 0.231. The predicted molar refractivity (Wildman–Crippen MR) is 125 cm³/mol. The van der Waals surface area contributed by atoms with Gasteiger partial charge < -0.3 is 18.6 Å². The fourth-order valence-electron chi connectivity index (χ4n) is 4.20. The van der Waals surface area contributed by atoms with E-state index in [0.29, 0.717) is 10.9 Å². The van der Waals surface area contributed by atoms with Gasteiger partial charge in [0.2, 0.25) is 0 Å². The van der Waals surface area contributed by atoms with Crippen LogP contribution in [0.1, 0.15) is 52.0 Å². The van der Waals surface area contributed by atoms with Crippen molar-refractivity contribution in [3.8, 4) is 0 Å². The molecule has 0 unspecified atom stereocenters. The van der Waals surface area contributed by atoms with Gasteiger partial charge in [-0.15, -0.1) is 0 Å². The van der Waals surface area contributed by atoms with Crippen LogP contribution in [-0.4, -0.2) is 47.9 Å². The van der Waals surface area contributed by atoms with Crippen LogP contribution in [0.5, 0.6) is 0 Å². The number of hydrogen-bond acceptors (Lipinski definition) is 7. The maximum atomic E-state index is 13.4. The molecule has 0 amide bonds. The quantitative estimate of drug-likeness (QED) is 0.133. The van der Waals surface area contributed by atoms with Crippen LogP contribution in [0.3, 0.4) is 0 Å². The van der Waals surface area contributed by atoms with E-state index in [1.807, 2.05) is 24.3 Å². The highest BCUT2D eigenvalue weighted by Gasteiger charge is 2.37. The summed E-state index contributed by atoms with van der Waals surface area (Å²) in [6.07, 6.45) is 0. The first-order valence-corrected chi connectivity index (χ1v) is 11.0. The first-order chi connectivity index (χ1) is 16.5. The summed E-state index contributed by atoms with van der Waals surface area (Å²) in [5.41, 5.74) is 0.0536. The summed E-state index contributed by atoms with van der Waals surface area (Å²) in [5.74, 6) is -3.90. The van der Waals surface area contributed by atoms with E-state index in [-0.39, 0.29) is 42.2 Å². The smallest absolute Gasteiger partial charge is 0.379 e. The number of aromatic nitrogens is 1. The second-order valence-electron chi connectivity index (χ2n) is 7.34. The second-order valence-corrected chi connectivity index (χ2v) is 7.34. The summed E-state index contributed by atoms with van der Waals surface area (Å²) in [6, 6.07) is 14.5. The summed E-state index contributed by atoms with van der Waals surface area (Å²) in [5, 5.41) is 2.15.